The third kappa shape index (κ3) is 5.28. The van der Waals surface area contributed by atoms with Gasteiger partial charge in [0.25, 0.3) is 11.7 Å². The highest BCUT2D eigenvalue weighted by molar-refractivity contribution is 6.46. The van der Waals surface area contributed by atoms with E-state index >= 15 is 0 Å². The number of Topliss-reactive ketones (excluding diaryl/α,β-unsaturated/α-hetero) is 1. The van der Waals surface area contributed by atoms with Crippen molar-refractivity contribution < 1.29 is 24.2 Å². The van der Waals surface area contributed by atoms with Crippen molar-refractivity contribution in [1.29, 1.82) is 0 Å². The molecule has 36 heavy (non-hydrogen) atoms. The van der Waals surface area contributed by atoms with E-state index in [1.807, 2.05) is 49.4 Å². The van der Waals surface area contributed by atoms with Crippen LogP contribution in [0.5, 0.6) is 11.5 Å². The third-order valence-electron chi connectivity index (χ3n) is 6.12. The van der Waals surface area contributed by atoms with Crippen LogP contribution in [0.2, 0.25) is 0 Å². The van der Waals surface area contributed by atoms with Crippen LogP contribution in [0.1, 0.15) is 49.4 Å². The highest BCUT2D eigenvalue weighted by atomic mass is 16.5. The molecular weight excluding hydrogens is 454 g/mol. The van der Waals surface area contributed by atoms with E-state index in [1.54, 1.807) is 36.4 Å². The van der Waals surface area contributed by atoms with Crippen LogP contribution in [0.15, 0.2) is 84.4 Å². The topological polar surface area (TPSA) is 76.1 Å². The zero-order valence-corrected chi connectivity index (χ0v) is 20.6. The first kappa shape index (κ1) is 25.0. The number of unbranched alkanes of at least 4 members (excludes halogenated alkanes) is 1. The van der Waals surface area contributed by atoms with Gasteiger partial charge >= 0.3 is 0 Å². The van der Waals surface area contributed by atoms with Crippen LogP contribution in [0, 0.1) is 0 Å². The van der Waals surface area contributed by atoms with Crippen LogP contribution in [0.3, 0.4) is 0 Å². The minimum Gasteiger partial charge on any atom is -0.507 e. The molecule has 4 rings (SSSR count). The molecule has 1 aliphatic heterocycles. The predicted octanol–water partition coefficient (Wildman–Crippen LogP) is 5.89. The maximum absolute atomic E-state index is 13.3. The summed E-state index contributed by atoms with van der Waals surface area (Å²) in [7, 11) is 0. The molecule has 1 amide bonds. The van der Waals surface area contributed by atoms with Crippen LogP contribution < -0.4 is 9.47 Å². The fourth-order valence-electron chi connectivity index (χ4n) is 4.33. The van der Waals surface area contributed by atoms with Crippen LogP contribution in [-0.2, 0) is 16.1 Å². The van der Waals surface area contributed by atoms with Crippen LogP contribution in [0.25, 0.3) is 5.76 Å². The molecule has 0 radical (unpaired) electrons. The number of carbonyl (C=O) groups is 2. The molecule has 1 atom stereocenters. The SMILES string of the molecule is CCCCOc1ccc(C2C(=C(O)c3ccccc3)C(=O)C(=O)N2Cc2ccccc2)cc1OCC. The normalized spacial score (nSPS) is 16.8. The van der Waals surface area contributed by atoms with Gasteiger partial charge in [0.1, 0.15) is 5.76 Å². The van der Waals surface area contributed by atoms with Crippen molar-refractivity contribution in [3.05, 3.63) is 101 Å². The summed E-state index contributed by atoms with van der Waals surface area (Å²) in [4.78, 5) is 28.1. The second kappa shape index (κ2) is 11.6. The highest BCUT2D eigenvalue weighted by Gasteiger charge is 2.46. The van der Waals surface area contributed by atoms with Gasteiger partial charge in [-0.05, 0) is 36.6 Å². The van der Waals surface area contributed by atoms with Crippen molar-refractivity contribution in [2.45, 2.75) is 39.3 Å². The lowest BCUT2D eigenvalue weighted by atomic mass is 9.95. The Hall–Kier alpha value is -4.06. The van der Waals surface area contributed by atoms with E-state index < -0.39 is 17.7 Å². The van der Waals surface area contributed by atoms with Gasteiger partial charge in [0.2, 0.25) is 0 Å². The molecule has 0 spiro atoms. The summed E-state index contributed by atoms with van der Waals surface area (Å²) in [6, 6.07) is 23.0. The van der Waals surface area contributed by atoms with E-state index in [4.69, 9.17) is 9.47 Å². The third-order valence-corrected chi connectivity index (χ3v) is 6.12. The number of nitrogens with zero attached hydrogens (tertiary/aromatic N) is 1. The molecule has 1 aliphatic rings. The highest BCUT2D eigenvalue weighted by Crippen LogP contribution is 2.42. The van der Waals surface area contributed by atoms with Crippen molar-refractivity contribution in [2.75, 3.05) is 13.2 Å². The predicted molar refractivity (Wildman–Crippen MR) is 139 cm³/mol. The number of hydrogen-bond acceptors (Lipinski definition) is 5. The van der Waals surface area contributed by atoms with E-state index in [-0.39, 0.29) is 17.9 Å². The maximum Gasteiger partial charge on any atom is 0.295 e. The van der Waals surface area contributed by atoms with Gasteiger partial charge in [-0.3, -0.25) is 9.59 Å². The Labute approximate surface area is 211 Å². The molecule has 3 aromatic carbocycles. The molecule has 1 heterocycles. The van der Waals surface area contributed by atoms with Crippen molar-refractivity contribution in [3.63, 3.8) is 0 Å². The van der Waals surface area contributed by atoms with Gasteiger partial charge in [-0.15, -0.1) is 0 Å². The summed E-state index contributed by atoms with van der Waals surface area (Å²) < 4.78 is 11.8. The van der Waals surface area contributed by atoms with Gasteiger partial charge in [0.15, 0.2) is 11.5 Å². The quantitative estimate of drug-likeness (QED) is 0.168. The number of ketones is 1. The molecule has 1 saturated heterocycles. The molecule has 0 aliphatic carbocycles. The van der Waals surface area contributed by atoms with E-state index in [0.29, 0.717) is 35.8 Å². The first-order valence-corrected chi connectivity index (χ1v) is 12.3. The van der Waals surface area contributed by atoms with Crippen molar-refractivity contribution in [3.8, 4) is 11.5 Å². The summed E-state index contributed by atoms with van der Waals surface area (Å²) in [6.45, 7) is 5.20. The maximum atomic E-state index is 13.3. The molecule has 1 N–H and O–H groups in total. The zero-order chi connectivity index (χ0) is 25.5. The summed E-state index contributed by atoms with van der Waals surface area (Å²) in [6.07, 6.45) is 1.93. The van der Waals surface area contributed by atoms with E-state index in [2.05, 4.69) is 6.92 Å². The number of amides is 1. The van der Waals surface area contributed by atoms with Gasteiger partial charge in [0.05, 0.1) is 24.8 Å². The monoisotopic (exact) mass is 485 g/mol. The second-order valence-electron chi connectivity index (χ2n) is 8.62. The Bertz CT molecular complexity index is 1240. The average Bonchev–Trinajstić information content (AvgIpc) is 3.15. The molecule has 1 fully saturated rings. The fourth-order valence-corrected chi connectivity index (χ4v) is 4.33. The van der Waals surface area contributed by atoms with Crippen molar-refractivity contribution in [2.24, 2.45) is 0 Å². The van der Waals surface area contributed by atoms with Gasteiger partial charge in [-0.25, -0.2) is 0 Å². The van der Waals surface area contributed by atoms with Crippen LogP contribution >= 0.6 is 0 Å². The minimum atomic E-state index is -0.783. The molecule has 0 aromatic heterocycles. The van der Waals surface area contributed by atoms with Gasteiger partial charge in [-0.1, -0.05) is 80.1 Å². The molecule has 186 valence electrons. The summed E-state index contributed by atoms with van der Waals surface area (Å²) >= 11 is 0. The molecule has 0 saturated carbocycles. The number of aliphatic hydroxyl groups excluding tert-OH is 1. The lowest BCUT2D eigenvalue weighted by molar-refractivity contribution is -0.140. The number of benzene rings is 3. The minimum absolute atomic E-state index is 0.0595. The zero-order valence-electron chi connectivity index (χ0n) is 20.6. The number of aliphatic hydroxyl groups is 1. The molecule has 6 nitrogen and oxygen atoms in total. The van der Waals surface area contributed by atoms with Crippen molar-refractivity contribution in [1.82, 2.24) is 4.90 Å². The average molecular weight is 486 g/mol. The Morgan fingerprint density at radius 1 is 0.889 bits per heavy atom. The number of hydrogen-bond donors (Lipinski definition) is 1. The largest absolute Gasteiger partial charge is 0.507 e. The van der Waals surface area contributed by atoms with E-state index in [1.165, 1.54) is 4.90 Å². The Kier molecular flexibility index (Phi) is 8.06. The lowest BCUT2D eigenvalue weighted by Gasteiger charge is -2.26. The van der Waals surface area contributed by atoms with E-state index in [0.717, 1.165) is 18.4 Å². The number of ether oxygens (including phenoxy) is 2. The summed E-state index contributed by atoms with van der Waals surface area (Å²) in [5.74, 6) is -0.412. The van der Waals surface area contributed by atoms with Crippen LogP contribution in [0.4, 0.5) is 0 Å². The molecule has 3 aromatic rings. The van der Waals surface area contributed by atoms with Crippen LogP contribution in [-0.4, -0.2) is 34.9 Å². The van der Waals surface area contributed by atoms with Gasteiger partial charge < -0.3 is 19.5 Å². The number of likely N-dealkylation sites (tertiary alicyclic amines) is 1. The standard InChI is InChI=1S/C30H31NO5/c1-3-5-18-36-24-17-16-23(19-25(24)35-4-2)27-26(28(32)22-14-10-7-11-15-22)29(33)30(34)31(27)20-21-12-8-6-9-13-21/h6-17,19,27,32H,3-5,18,20H2,1-2H3. The van der Waals surface area contributed by atoms with Gasteiger partial charge in [-0.2, -0.15) is 0 Å². The Balaban J connectivity index is 1.83. The molecule has 0 bridgehead atoms. The molecular formula is C30H31NO5. The molecule has 6 heteroatoms. The summed E-state index contributed by atoms with van der Waals surface area (Å²) in [5, 5.41) is 11.2. The van der Waals surface area contributed by atoms with Gasteiger partial charge in [0, 0.05) is 12.1 Å². The van der Waals surface area contributed by atoms with E-state index in [9.17, 15) is 14.7 Å². The second-order valence-corrected chi connectivity index (χ2v) is 8.62. The first-order valence-electron chi connectivity index (χ1n) is 12.3. The first-order chi connectivity index (χ1) is 17.5. The lowest BCUT2D eigenvalue weighted by Crippen LogP contribution is -2.29. The molecule has 1 unspecified atom stereocenters. The summed E-state index contributed by atoms with van der Waals surface area (Å²) in [5.41, 5.74) is 2.08. The Morgan fingerprint density at radius 2 is 1.58 bits per heavy atom. The number of carbonyl (C=O) groups excluding carboxylic acids is 2. The number of rotatable bonds is 10. The smallest absolute Gasteiger partial charge is 0.295 e. The van der Waals surface area contributed by atoms with Crippen molar-refractivity contribution >= 4 is 17.4 Å². The Morgan fingerprint density at radius 3 is 2.25 bits per heavy atom. The fraction of sp³-hybridized carbons (Fsp3) is 0.267.